The predicted octanol–water partition coefficient (Wildman–Crippen LogP) is 3.73. The van der Waals surface area contributed by atoms with E-state index in [1.54, 1.807) is 36.3 Å². The summed E-state index contributed by atoms with van der Waals surface area (Å²) >= 11 is 3.66. The molecule has 0 radical (unpaired) electrons. The molecule has 5 rings (SSSR count). The maximum atomic E-state index is 13.8. The quantitative estimate of drug-likeness (QED) is 0.386. The highest BCUT2D eigenvalue weighted by molar-refractivity contribution is 7.75. The Morgan fingerprint density at radius 1 is 1.11 bits per heavy atom. The van der Waals surface area contributed by atoms with E-state index in [0.29, 0.717) is 35.7 Å². The third kappa shape index (κ3) is 3.98. The van der Waals surface area contributed by atoms with E-state index in [2.05, 4.69) is 39.6 Å². The Kier molecular flexibility index (Phi) is 6.29. The standard InChI is InChI=1S/C26H28N4O4S/c1-27-16-26(13-3-14-26)17-4-6-18(7-5-17)29-15-12-21-22(25(32)34-35)28-30(23(21)24(29)31)19-8-10-20(33-2)11-9-19/h4-11,27,35H,3,12-16H2,1-2H3. The minimum atomic E-state index is -0.683. The van der Waals surface area contributed by atoms with E-state index >= 15 is 0 Å². The fourth-order valence-electron chi connectivity index (χ4n) is 5.23. The molecule has 1 N–H and O–H groups in total. The highest BCUT2D eigenvalue weighted by atomic mass is 32.1. The van der Waals surface area contributed by atoms with Crippen LogP contribution in [0.2, 0.25) is 0 Å². The van der Waals surface area contributed by atoms with Gasteiger partial charge in [0.1, 0.15) is 11.4 Å². The zero-order valence-corrected chi connectivity index (χ0v) is 20.7. The van der Waals surface area contributed by atoms with Gasteiger partial charge in [0.05, 0.1) is 12.8 Å². The fourth-order valence-corrected chi connectivity index (χ4v) is 5.31. The summed E-state index contributed by atoms with van der Waals surface area (Å²) in [7, 11) is 3.58. The normalized spacial score (nSPS) is 16.4. The fraction of sp³-hybridized carbons (Fsp3) is 0.346. The van der Waals surface area contributed by atoms with Crippen molar-refractivity contribution in [2.75, 3.05) is 32.1 Å². The lowest BCUT2D eigenvalue weighted by atomic mass is 9.64. The molecule has 1 aliphatic heterocycles. The van der Waals surface area contributed by atoms with Gasteiger partial charge in [-0.15, -0.1) is 0 Å². The predicted molar refractivity (Wildman–Crippen MR) is 136 cm³/mol. The van der Waals surface area contributed by atoms with Crippen molar-refractivity contribution in [3.05, 3.63) is 71.0 Å². The number of anilines is 1. The number of methoxy groups -OCH3 is 1. The number of carbonyl (C=O) groups excluding carboxylic acids is 2. The smallest absolute Gasteiger partial charge is 0.370 e. The Labute approximate surface area is 209 Å². The minimum Gasteiger partial charge on any atom is -0.497 e. The molecule has 182 valence electrons. The summed E-state index contributed by atoms with van der Waals surface area (Å²) in [5.41, 5.74) is 3.97. The molecule has 0 bridgehead atoms. The number of nitrogens with zero attached hydrogens (tertiary/aromatic N) is 3. The largest absolute Gasteiger partial charge is 0.497 e. The van der Waals surface area contributed by atoms with Crippen LogP contribution in [0, 0.1) is 0 Å². The van der Waals surface area contributed by atoms with Crippen LogP contribution in [0.1, 0.15) is 51.4 Å². The number of hydrogen-bond donors (Lipinski definition) is 2. The zero-order valence-electron chi connectivity index (χ0n) is 19.8. The van der Waals surface area contributed by atoms with Gasteiger partial charge >= 0.3 is 5.97 Å². The van der Waals surface area contributed by atoms with Crippen molar-refractivity contribution >= 4 is 30.5 Å². The molecule has 1 amide bonds. The van der Waals surface area contributed by atoms with Gasteiger partial charge in [0.25, 0.3) is 5.91 Å². The second-order valence-corrected chi connectivity index (χ2v) is 9.26. The van der Waals surface area contributed by atoms with E-state index in [0.717, 1.165) is 12.2 Å². The Morgan fingerprint density at radius 3 is 2.37 bits per heavy atom. The zero-order chi connectivity index (χ0) is 24.6. The van der Waals surface area contributed by atoms with Crippen LogP contribution in [-0.2, 0) is 16.0 Å². The molecule has 8 nitrogen and oxygen atoms in total. The van der Waals surface area contributed by atoms with E-state index in [4.69, 9.17) is 4.74 Å². The number of ether oxygens (including phenoxy) is 1. The van der Waals surface area contributed by atoms with Crippen LogP contribution in [0.4, 0.5) is 5.69 Å². The number of hydrogen-bond acceptors (Lipinski definition) is 7. The monoisotopic (exact) mass is 492 g/mol. The SMILES string of the molecule is CNCC1(c2ccc(N3CCc4c(C(=O)OS)nn(-c5ccc(OC)cc5)c4C3=O)cc2)CCC1. The molecule has 1 aliphatic carbocycles. The van der Waals surface area contributed by atoms with Crippen LogP contribution in [-0.4, -0.2) is 48.9 Å². The van der Waals surface area contributed by atoms with Gasteiger partial charge < -0.3 is 19.1 Å². The number of nitrogens with one attached hydrogen (secondary N) is 1. The lowest BCUT2D eigenvalue weighted by Crippen LogP contribution is -2.43. The number of rotatable bonds is 7. The summed E-state index contributed by atoms with van der Waals surface area (Å²) in [6.45, 7) is 1.39. The molecule has 0 atom stereocenters. The van der Waals surface area contributed by atoms with Crippen LogP contribution in [0.3, 0.4) is 0 Å². The maximum absolute atomic E-state index is 13.8. The highest BCUT2D eigenvalue weighted by Gasteiger charge is 2.39. The summed E-state index contributed by atoms with van der Waals surface area (Å²) in [5.74, 6) is -0.216. The van der Waals surface area contributed by atoms with Crippen LogP contribution >= 0.6 is 12.9 Å². The second kappa shape index (κ2) is 9.39. The number of benzene rings is 2. The number of thiol groups is 1. The third-order valence-corrected chi connectivity index (χ3v) is 7.39. The first kappa shape index (κ1) is 23.4. The number of fused-ring (bicyclic) bond motifs is 1. The summed E-state index contributed by atoms with van der Waals surface area (Å²) in [4.78, 5) is 27.9. The number of amides is 1. The van der Waals surface area contributed by atoms with E-state index in [-0.39, 0.29) is 17.0 Å². The number of carbonyl (C=O) groups is 2. The van der Waals surface area contributed by atoms with Crippen LogP contribution in [0.5, 0.6) is 5.75 Å². The van der Waals surface area contributed by atoms with Gasteiger partial charge in [-0.1, -0.05) is 18.6 Å². The summed E-state index contributed by atoms with van der Waals surface area (Å²) < 4.78 is 11.4. The molecule has 2 aliphatic rings. The first-order valence-corrected chi connectivity index (χ1v) is 12.1. The first-order chi connectivity index (χ1) is 17.0. The molecule has 0 unspecified atom stereocenters. The molecule has 1 fully saturated rings. The van der Waals surface area contributed by atoms with Crippen molar-refractivity contribution in [3.63, 3.8) is 0 Å². The molecule has 2 heterocycles. The van der Waals surface area contributed by atoms with Gasteiger partial charge in [-0.2, -0.15) is 5.10 Å². The molecule has 1 saturated carbocycles. The highest BCUT2D eigenvalue weighted by Crippen LogP contribution is 2.43. The average Bonchev–Trinajstić information content (AvgIpc) is 3.27. The van der Waals surface area contributed by atoms with E-state index < -0.39 is 5.97 Å². The van der Waals surface area contributed by atoms with E-state index in [1.165, 1.54) is 29.5 Å². The van der Waals surface area contributed by atoms with Crippen molar-refractivity contribution < 1.29 is 18.5 Å². The molecule has 9 heteroatoms. The van der Waals surface area contributed by atoms with Crippen molar-refractivity contribution in [3.8, 4) is 11.4 Å². The van der Waals surface area contributed by atoms with Crippen molar-refractivity contribution in [2.24, 2.45) is 0 Å². The summed E-state index contributed by atoms with van der Waals surface area (Å²) in [5, 5.41) is 7.78. The maximum Gasteiger partial charge on any atom is 0.370 e. The first-order valence-electron chi connectivity index (χ1n) is 11.7. The molecular formula is C26H28N4O4S. The van der Waals surface area contributed by atoms with E-state index in [9.17, 15) is 9.59 Å². The lowest BCUT2D eigenvalue weighted by Gasteiger charge is -2.42. The molecule has 1 aromatic heterocycles. The Morgan fingerprint density at radius 2 is 1.80 bits per heavy atom. The molecular weight excluding hydrogens is 464 g/mol. The van der Waals surface area contributed by atoms with Crippen LogP contribution < -0.4 is 15.0 Å². The van der Waals surface area contributed by atoms with Crippen molar-refractivity contribution in [1.82, 2.24) is 15.1 Å². The summed E-state index contributed by atoms with van der Waals surface area (Å²) in [6, 6.07) is 15.5. The minimum absolute atomic E-state index is 0.105. The topological polar surface area (TPSA) is 85.7 Å². The molecule has 0 spiro atoms. The van der Waals surface area contributed by atoms with E-state index in [1.807, 2.05) is 19.2 Å². The molecule has 3 aromatic rings. The molecule has 0 saturated heterocycles. The van der Waals surface area contributed by atoms with Crippen LogP contribution in [0.15, 0.2) is 48.5 Å². The third-order valence-electron chi connectivity index (χ3n) is 7.23. The lowest BCUT2D eigenvalue weighted by molar-refractivity contribution is 0.0764. The van der Waals surface area contributed by atoms with Gasteiger partial charge in [0, 0.05) is 42.7 Å². The Hall–Kier alpha value is -3.30. The Balaban J connectivity index is 1.51. The van der Waals surface area contributed by atoms with Gasteiger partial charge in [0.15, 0.2) is 5.69 Å². The average molecular weight is 493 g/mol. The van der Waals surface area contributed by atoms with Gasteiger partial charge in [-0.05, 0) is 68.3 Å². The van der Waals surface area contributed by atoms with Crippen LogP contribution in [0.25, 0.3) is 5.69 Å². The van der Waals surface area contributed by atoms with Gasteiger partial charge in [-0.25, -0.2) is 9.48 Å². The molecule has 35 heavy (non-hydrogen) atoms. The summed E-state index contributed by atoms with van der Waals surface area (Å²) in [6.07, 6.45) is 4.05. The Bertz CT molecular complexity index is 1250. The van der Waals surface area contributed by atoms with Crippen molar-refractivity contribution in [2.45, 2.75) is 31.1 Å². The molecule has 2 aromatic carbocycles. The second-order valence-electron chi connectivity index (χ2n) is 9.08. The van der Waals surface area contributed by atoms with Gasteiger partial charge in [-0.3, -0.25) is 4.79 Å². The van der Waals surface area contributed by atoms with Crippen molar-refractivity contribution in [1.29, 1.82) is 0 Å². The van der Waals surface area contributed by atoms with Gasteiger partial charge in [0.2, 0.25) is 0 Å². The number of likely N-dealkylation sites (N-methyl/N-ethyl adjacent to an activating group) is 1. The number of aromatic nitrogens is 2.